The first-order valence-corrected chi connectivity index (χ1v) is 8.01. The van der Waals surface area contributed by atoms with E-state index >= 15 is 0 Å². The summed E-state index contributed by atoms with van der Waals surface area (Å²) >= 11 is 0. The summed E-state index contributed by atoms with van der Waals surface area (Å²) in [5.41, 5.74) is 1.31. The van der Waals surface area contributed by atoms with E-state index in [0.29, 0.717) is 12.6 Å². The third kappa shape index (κ3) is 3.78. The number of ether oxygens (including phenoxy) is 2. The number of rotatable bonds is 5. The van der Waals surface area contributed by atoms with Gasteiger partial charge in [-0.25, -0.2) is 0 Å². The second kappa shape index (κ2) is 7.11. The molecule has 0 amide bonds. The highest BCUT2D eigenvalue weighted by Crippen LogP contribution is 2.27. The van der Waals surface area contributed by atoms with Crippen molar-refractivity contribution >= 4 is 5.97 Å². The first-order chi connectivity index (χ1) is 10.7. The molecule has 0 aromatic heterocycles. The Morgan fingerprint density at radius 3 is 2.86 bits per heavy atom. The molecule has 0 radical (unpaired) electrons. The summed E-state index contributed by atoms with van der Waals surface area (Å²) in [5.74, 6) is 0.880. The molecule has 1 aromatic rings. The topological polar surface area (TPSA) is 50.8 Å². The van der Waals surface area contributed by atoms with Crippen molar-refractivity contribution in [1.82, 2.24) is 10.2 Å². The highest BCUT2D eigenvalue weighted by Gasteiger charge is 2.25. The van der Waals surface area contributed by atoms with Crippen molar-refractivity contribution in [2.24, 2.45) is 0 Å². The summed E-state index contributed by atoms with van der Waals surface area (Å²) in [6, 6.07) is 8.78. The van der Waals surface area contributed by atoms with Crippen LogP contribution < -0.4 is 10.1 Å². The van der Waals surface area contributed by atoms with Crippen LogP contribution in [0.5, 0.6) is 5.75 Å². The fraction of sp³-hybridized carbons (Fsp3) is 0.588. The van der Waals surface area contributed by atoms with E-state index in [0.717, 1.165) is 44.6 Å². The van der Waals surface area contributed by atoms with E-state index in [2.05, 4.69) is 22.3 Å². The van der Waals surface area contributed by atoms with Crippen LogP contribution in [-0.2, 0) is 16.0 Å². The number of hydrogen-bond donors (Lipinski definition) is 1. The molecule has 0 saturated carbocycles. The van der Waals surface area contributed by atoms with Gasteiger partial charge in [0.25, 0.3) is 0 Å². The van der Waals surface area contributed by atoms with Crippen molar-refractivity contribution in [3.8, 4) is 5.75 Å². The number of nitrogens with one attached hydrogen (secondary N) is 1. The van der Waals surface area contributed by atoms with Gasteiger partial charge in [0.05, 0.1) is 13.7 Å². The number of benzene rings is 1. The maximum absolute atomic E-state index is 11.3. The molecule has 1 unspecified atom stereocenters. The van der Waals surface area contributed by atoms with E-state index in [4.69, 9.17) is 9.47 Å². The minimum absolute atomic E-state index is 0.150. The number of methoxy groups -OCH3 is 1. The Balaban J connectivity index is 1.37. The van der Waals surface area contributed by atoms with Gasteiger partial charge in [-0.1, -0.05) is 18.2 Å². The van der Waals surface area contributed by atoms with Crippen LogP contribution >= 0.6 is 0 Å². The fourth-order valence-corrected chi connectivity index (χ4v) is 3.21. The summed E-state index contributed by atoms with van der Waals surface area (Å²) in [4.78, 5) is 13.4. The Labute approximate surface area is 131 Å². The van der Waals surface area contributed by atoms with Gasteiger partial charge in [-0.2, -0.15) is 0 Å². The molecule has 2 aliphatic heterocycles. The molecule has 0 spiro atoms. The van der Waals surface area contributed by atoms with E-state index in [1.165, 1.54) is 12.7 Å². The normalized spacial score (nSPS) is 22.1. The van der Waals surface area contributed by atoms with Crippen LogP contribution in [0, 0.1) is 0 Å². The molecule has 5 nitrogen and oxygen atoms in total. The lowest BCUT2D eigenvalue weighted by Gasteiger charge is -2.32. The number of fused-ring (bicyclic) bond motifs is 1. The summed E-state index contributed by atoms with van der Waals surface area (Å²) in [5, 5.41) is 3.62. The second-order valence-electron chi connectivity index (χ2n) is 6.09. The minimum atomic E-state index is -0.150. The molecule has 120 valence electrons. The van der Waals surface area contributed by atoms with Crippen LogP contribution in [0.4, 0.5) is 0 Å². The van der Waals surface area contributed by atoms with E-state index < -0.39 is 0 Å². The molecular weight excluding hydrogens is 280 g/mol. The quantitative estimate of drug-likeness (QED) is 0.829. The minimum Gasteiger partial charge on any atom is -0.488 e. The van der Waals surface area contributed by atoms with Crippen molar-refractivity contribution in [1.29, 1.82) is 0 Å². The Hall–Kier alpha value is -1.59. The van der Waals surface area contributed by atoms with Crippen molar-refractivity contribution in [2.45, 2.75) is 31.4 Å². The Bertz CT molecular complexity index is 487. The van der Waals surface area contributed by atoms with Gasteiger partial charge in [-0.15, -0.1) is 0 Å². The van der Waals surface area contributed by atoms with Crippen LogP contribution in [0.3, 0.4) is 0 Å². The molecule has 2 heterocycles. The lowest BCUT2D eigenvalue weighted by atomic mass is 10.0. The monoisotopic (exact) mass is 304 g/mol. The van der Waals surface area contributed by atoms with Gasteiger partial charge >= 0.3 is 5.97 Å². The van der Waals surface area contributed by atoms with E-state index in [-0.39, 0.29) is 12.1 Å². The molecule has 1 atom stereocenters. The van der Waals surface area contributed by atoms with Crippen molar-refractivity contribution in [3.63, 3.8) is 0 Å². The van der Waals surface area contributed by atoms with Crippen molar-refractivity contribution < 1.29 is 14.3 Å². The van der Waals surface area contributed by atoms with Crippen LogP contribution in [0.15, 0.2) is 24.3 Å². The lowest BCUT2D eigenvalue weighted by Crippen LogP contribution is -2.46. The van der Waals surface area contributed by atoms with Gasteiger partial charge in [-0.3, -0.25) is 9.69 Å². The summed E-state index contributed by atoms with van der Waals surface area (Å²) < 4.78 is 10.7. The van der Waals surface area contributed by atoms with E-state index in [9.17, 15) is 4.79 Å². The number of carbonyl (C=O) groups is 1. The summed E-state index contributed by atoms with van der Waals surface area (Å²) in [6.07, 6.45) is 3.36. The van der Waals surface area contributed by atoms with Crippen LogP contribution in [0.2, 0.25) is 0 Å². The zero-order valence-electron chi connectivity index (χ0n) is 13.1. The molecule has 3 rings (SSSR count). The molecule has 1 aromatic carbocycles. The molecule has 0 aliphatic carbocycles. The Kier molecular flexibility index (Phi) is 4.95. The van der Waals surface area contributed by atoms with Gasteiger partial charge in [0.1, 0.15) is 11.9 Å². The smallest absolute Gasteiger partial charge is 0.319 e. The maximum Gasteiger partial charge on any atom is 0.319 e. The first-order valence-electron chi connectivity index (χ1n) is 8.01. The number of hydrogen-bond acceptors (Lipinski definition) is 5. The molecule has 1 saturated heterocycles. The number of nitrogens with zero attached hydrogens (tertiary/aromatic N) is 1. The predicted octanol–water partition coefficient (Wildman–Crippen LogP) is 1.22. The molecule has 22 heavy (non-hydrogen) atoms. The average molecular weight is 304 g/mol. The highest BCUT2D eigenvalue weighted by molar-refractivity contribution is 5.71. The maximum atomic E-state index is 11.3. The second-order valence-corrected chi connectivity index (χ2v) is 6.09. The lowest BCUT2D eigenvalue weighted by molar-refractivity contribution is -0.142. The number of piperidine rings is 1. The van der Waals surface area contributed by atoms with Crippen LogP contribution in [0.25, 0.3) is 0 Å². The number of para-hydroxylation sites is 1. The number of esters is 1. The van der Waals surface area contributed by atoms with Crippen molar-refractivity contribution in [2.75, 3.05) is 33.3 Å². The van der Waals surface area contributed by atoms with Crippen LogP contribution in [0.1, 0.15) is 18.4 Å². The van der Waals surface area contributed by atoms with Gasteiger partial charge in [-0.05, 0) is 24.5 Å². The summed E-state index contributed by atoms with van der Waals surface area (Å²) in [6.45, 7) is 3.18. The largest absolute Gasteiger partial charge is 0.488 e. The van der Waals surface area contributed by atoms with E-state index in [1.807, 2.05) is 12.1 Å². The van der Waals surface area contributed by atoms with Crippen molar-refractivity contribution in [3.05, 3.63) is 29.8 Å². The SMILES string of the molecule is COC(=O)CN1CCC(NCC2Cc3ccccc3O2)CC1. The molecule has 2 aliphatic rings. The standard InChI is InChI=1S/C17H24N2O3/c1-21-17(20)12-19-8-6-14(7-9-19)18-11-15-10-13-4-2-3-5-16(13)22-15/h2-5,14-15,18H,6-12H2,1H3. The first kappa shape index (κ1) is 15.3. The van der Waals surface area contributed by atoms with E-state index in [1.54, 1.807) is 0 Å². The predicted molar refractivity (Wildman–Crippen MR) is 84.0 cm³/mol. The Morgan fingerprint density at radius 1 is 1.36 bits per heavy atom. The molecule has 1 N–H and O–H groups in total. The van der Waals surface area contributed by atoms with Gasteiger partial charge in [0, 0.05) is 32.1 Å². The molecule has 5 heteroatoms. The number of carbonyl (C=O) groups excluding carboxylic acids is 1. The molecule has 0 bridgehead atoms. The third-order valence-electron chi connectivity index (χ3n) is 4.52. The van der Waals surface area contributed by atoms with Crippen LogP contribution in [-0.4, -0.2) is 56.3 Å². The third-order valence-corrected chi connectivity index (χ3v) is 4.52. The highest BCUT2D eigenvalue weighted by atomic mass is 16.5. The average Bonchev–Trinajstić information content (AvgIpc) is 2.97. The zero-order valence-corrected chi connectivity index (χ0v) is 13.1. The Morgan fingerprint density at radius 2 is 2.14 bits per heavy atom. The fourth-order valence-electron chi connectivity index (χ4n) is 3.21. The molecule has 1 fully saturated rings. The van der Waals surface area contributed by atoms with Gasteiger partial charge < -0.3 is 14.8 Å². The molecular formula is C17H24N2O3. The van der Waals surface area contributed by atoms with Gasteiger partial charge in [0.2, 0.25) is 0 Å². The number of likely N-dealkylation sites (tertiary alicyclic amines) is 1. The zero-order chi connectivity index (χ0) is 15.4. The summed E-state index contributed by atoms with van der Waals surface area (Å²) in [7, 11) is 1.44. The van der Waals surface area contributed by atoms with Gasteiger partial charge in [0.15, 0.2) is 0 Å².